The van der Waals surface area contributed by atoms with Gasteiger partial charge in [0.2, 0.25) is 0 Å². The van der Waals surface area contributed by atoms with Crippen molar-refractivity contribution in [3.05, 3.63) is 21.9 Å². The van der Waals surface area contributed by atoms with Crippen molar-refractivity contribution in [2.75, 3.05) is 13.1 Å². The van der Waals surface area contributed by atoms with Gasteiger partial charge >= 0.3 is 0 Å². The minimum atomic E-state index is -0.804. The molecule has 0 bridgehead atoms. The molecule has 1 unspecified atom stereocenters. The summed E-state index contributed by atoms with van der Waals surface area (Å²) >= 11 is 1.50. The fourth-order valence-corrected chi connectivity index (χ4v) is 5.82. The first-order valence-electron chi connectivity index (χ1n) is 9.39. The van der Waals surface area contributed by atoms with E-state index in [0.717, 1.165) is 49.0 Å². The maximum atomic E-state index is 12.7. The lowest BCUT2D eigenvalue weighted by Gasteiger charge is -2.61. The summed E-state index contributed by atoms with van der Waals surface area (Å²) in [6, 6.07) is 2.15. The molecule has 1 aromatic rings. The van der Waals surface area contributed by atoms with Crippen molar-refractivity contribution in [3.63, 3.8) is 0 Å². The summed E-state index contributed by atoms with van der Waals surface area (Å²) in [7, 11) is 0. The van der Waals surface area contributed by atoms with E-state index in [1.54, 1.807) is 0 Å². The van der Waals surface area contributed by atoms with Crippen LogP contribution in [0.1, 0.15) is 60.2 Å². The molecule has 0 aromatic carbocycles. The number of amides is 2. The maximum Gasteiger partial charge on any atom is 0.264 e. The molecule has 0 radical (unpaired) electrons. The number of rotatable bonds is 2. The van der Waals surface area contributed by atoms with Gasteiger partial charge in [0.15, 0.2) is 6.10 Å². The first-order chi connectivity index (χ1) is 12.0. The van der Waals surface area contributed by atoms with E-state index in [-0.39, 0.29) is 23.4 Å². The van der Waals surface area contributed by atoms with Gasteiger partial charge in [0, 0.05) is 19.1 Å². The normalized spacial score (nSPS) is 26.8. The van der Waals surface area contributed by atoms with Gasteiger partial charge < -0.3 is 14.9 Å². The topological polar surface area (TPSA) is 60.9 Å². The number of β-lactam (4-membered cyclic amide) rings is 1. The Balaban J connectivity index is 1.42. The quantitative estimate of drug-likeness (QED) is 0.823. The standard InChI is InChI=1S/C19H26N2O3S/c1-13-7-12-25-15(13)17(23)20-10-5-14(6-11-20)21-18(24)16(22)19(21)8-3-2-4-9-19/h7,12,14,16,22H,2-6,8-11H2,1H3. The van der Waals surface area contributed by atoms with Gasteiger partial charge in [-0.25, -0.2) is 0 Å². The van der Waals surface area contributed by atoms with Crippen LogP contribution in [0.15, 0.2) is 11.4 Å². The molecule has 2 amide bonds. The van der Waals surface area contributed by atoms with Crippen molar-refractivity contribution in [1.29, 1.82) is 0 Å². The van der Waals surface area contributed by atoms with Crippen molar-refractivity contribution in [1.82, 2.24) is 9.80 Å². The van der Waals surface area contributed by atoms with E-state index in [4.69, 9.17) is 0 Å². The van der Waals surface area contributed by atoms with Gasteiger partial charge in [-0.15, -0.1) is 11.3 Å². The largest absolute Gasteiger partial charge is 0.381 e. The van der Waals surface area contributed by atoms with E-state index in [9.17, 15) is 14.7 Å². The molecular weight excluding hydrogens is 336 g/mol. The second-order valence-electron chi connectivity index (χ2n) is 7.73. The van der Waals surface area contributed by atoms with Gasteiger partial charge in [-0.1, -0.05) is 19.3 Å². The number of aliphatic hydroxyl groups is 1. The summed E-state index contributed by atoms with van der Waals surface area (Å²) in [5.41, 5.74) is 0.732. The summed E-state index contributed by atoms with van der Waals surface area (Å²) in [6.07, 6.45) is 6.06. The minimum Gasteiger partial charge on any atom is -0.381 e. The highest BCUT2D eigenvalue weighted by Gasteiger charge is 2.61. The summed E-state index contributed by atoms with van der Waals surface area (Å²) in [6.45, 7) is 3.36. The molecule has 3 aliphatic rings. The Morgan fingerprint density at radius 2 is 1.92 bits per heavy atom. The van der Waals surface area contributed by atoms with Crippen LogP contribution in [0.4, 0.5) is 0 Å². The molecule has 1 aromatic heterocycles. The third-order valence-corrected chi connectivity index (χ3v) is 7.36. The highest BCUT2D eigenvalue weighted by atomic mass is 32.1. The predicted octanol–water partition coefficient (Wildman–Crippen LogP) is 2.57. The van der Waals surface area contributed by atoms with Crippen LogP contribution in [0.3, 0.4) is 0 Å². The Morgan fingerprint density at radius 3 is 2.52 bits per heavy atom. The summed E-state index contributed by atoms with van der Waals surface area (Å²) in [5.74, 6) is 0.0223. The number of carbonyl (C=O) groups is 2. The number of hydrogen-bond acceptors (Lipinski definition) is 4. The minimum absolute atomic E-state index is 0.0965. The molecule has 4 rings (SSSR count). The Labute approximate surface area is 152 Å². The number of hydrogen-bond donors (Lipinski definition) is 1. The maximum absolute atomic E-state index is 12.7. The lowest BCUT2D eigenvalue weighted by molar-refractivity contribution is -0.200. The van der Waals surface area contributed by atoms with E-state index >= 15 is 0 Å². The van der Waals surface area contributed by atoms with E-state index < -0.39 is 6.10 Å². The van der Waals surface area contributed by atoms with Crippen LogP contribution in [0.5, 0.6) is 0 Å². The Hall–Kier alpha value is -1.40. The van der Waals surface area contributed by atoms with Crippen molar-refractivity contribution in [3.8, 4) is 0 Å². The van der Waals surface area contributed by atoms with E-state index in [1.807, 2.05) is 28.2 Å². The van der Waals surface area contributed by atoms with Crippen molar-refractivity contribution in [2.45, 2.75) is 69.6 Å². The lowest BCUT2D eigenvalue weighted by Crippen LogP contribution is -2.77. The smallest absolute Gasteiger partial charge is 0.264 e. The Morgan fingerprint density at radius 1 is 1.24 bits per heavy atom. The van der Waals surface area contributed by atoms with Gasteiger partial charge in [0.1, 0.15) is 0 Å². The van der Waals surface area contributed by atoms with Crippen LogP contribution < -0.4 is 0 Å². The van der Waals surface area contributed by atoms with Gasteiger partial charge in [-0.3, -0.25) is 9.59 Å². The van der Waals surface area contributed by atoms with Crippen molar-refractivity contribution in [2.24, 2.45) is 0 Å². The Kier molecular flexibility index (Phi) is 4.36. The van der Waals surface area contributed by atoms with Crippen LogP contribution in [-0.2, 0) is 4.79 Å². The predicted molar refractivity (Wildman–Crippen MR) is 96.7 cm³/mol. The molecule has 1 aliphatic carbocycles. The molecule has 6 heteroatoms. The molecule has 3 fully saturated rings. The number of nitrogens with zero attached hydrogens (tertiary/aromatic N) is 2. The molecule has 2 saturated heterocycles. The van der Waals surface area contributed by atoms with Crippen LogP contribution in [0, 0.1) is 6.92 Å². The highest BCUT2D eigenvalue weighted by Crippen LogP contribution is 2.46. The summed E-state index contributed by atoms with van der Waals surface area (Å²) in [5, 5.41) is 12.3. The average Bonchev–Trinajstić information content (AvgIpc) is 3.08. The number of thiophene rings is 1. The van der Waals surface area contributed by atoms with Crippen LogP contribution in [0.2, 0.25) is 0 Å². The second kappa shape index (κ2) is 6.40. The number of aliphatic hydroxyl groups excluding tert-OH is 1. The molecule has 1 spiro atoms. The van der Waals surface area contributed by atoms with Gasteiger partial charge in [-0.2, -0.15) is 0 Å². The molecular formula is C19H26N2O3S. The highest BCUT2D eigenvalue weighted by molar-refractivity contribution is 7.12. The van der Waals surface area contributed by atoms with Gasteiger partial charge in [-0.05, 0) is 49.6 Å². The van der Waals surface area contributed by atoms with E-state index in [2.05, 4.69) is 0 Å². The third-order valence-electron chi connectivity index (χ3n) is 6.35. The van der Waals surface area contributed by atoms with Crippen molar-refractivity contribution >= 4 is 23.2 Å². The Bertz CT molecular complexity index is 672. The zero-order chi connectivity index (χ0) is 17.6. The van der Waals surface area contributed by atoms with Crippen molar-refractivity contribution < 1.29 is 14.7 Å². The van der Waals surface area contributed by atoms with E-state index in [1.165, 1.54) is 17.8 Å². The number of aryl methyl sites for hydroxylation is 1. The lowest BCUT2D eigenvalue weighted by atomic mass is 9.68. The van der Waals surface area contributed by atoms with Gasteiger partial charge in [0.25, 0.3) is 11.8 Å². The molecule has 5 nitrogen and oxygen atoms in total. The average molecular weight is 362 g/mol. The van der Waals surface area contributed by atoms with Crippen LogP contribution in [0.25, 0.3) is 0 Å². The molecule has 136 valence electrons. The number of likely N-dealkylation sites (tertiary alicyclic amines) is 2. The number of carbonyl (C=O) groups excluding carboxylic acids is 2. The molecule has 2 aliphatic heterocycles. The number of piperidine rings is 1. The zero-order valence-corrected chi connectivity index (χ0v) is 15.6. The summed E-state index contributed by atoms with van der Waals surface area (Å²) < 4.78 is 0. The zero-order valence-electron chi connectivity index (χ0n) is 14.7. The van der Waals surface area contributed by atoms with Crippen LogP contribution >= 0.6 is 11.3 Å². The fraction of sp³-hybridized carbons (Fsp3) is 0.684. The molecule has 25 heavy (non-hydrogen) atoms. The first kappa shape index (κ1) is 17.0. The third kappa shape index (κ3) is 2.61. The first-order valence-corrected chi connectivity index (χ1v) is 10.3. The van der Waals surface area contributed by atoms with Gasteiger partial charge in [0.05, 0.1) is 10.4 Å². The van der Waals surface area contributed by atoms with Crippen LogP contribution in [-0.4, -0.2) is 57.5 Å². The SMILES string of the molecule is Cc1ccsc1C(=O)N1CCC(N2C(=O)C(O)C23CCCCC3)CC1. The monoisotopic (exact) mass is 362 g/mol. The molecule has 3 heterocycles. The summed E-state index contributed by atoms with van der Waals surface area (Å²) in [4.78, 5) is 29.8. The van der Waals surface area contributed by atoms with E-state index in [0.29, 0.717) is 13.1 Å². The molecule has 1 atom stereocenters. The second-order valence-corrected chi connectivity index (χ2v) is 8.65. The fourth-order valence-electron chi connectivity index (χ4n) is 4.93. The molecule has 1 saturated carbocycles. The molecule has 1 N–H and O–H groups in total.